The van der Waals surface area contributed by atoms with E-state index in [0.29, 0.717) is 0 Å². The molecule has 0 radical (unpaired) electrons. The average Bonchev–Trinajstić information content (AvgIpc) is 2.68. The molecule has 0 aliphatic rings. The Morgan fingerprint density at radius 2 is 0.700 bits per heavy atom. The summed E-state index contributed by atoms with van der Waals surface area (Å²) in [6.45, 7) is 0. The summed E-state index contributed by atoms with van der Waals surface area (Å²) in [6.07, 6.45) is 18.8. The van der Waals surface area contributed by atoms with Crippen molar-refractivity contribution in [2.75, 3.05) is 0 Å². The maximum Gasteiger partial charge on any atom is 0.306 e. The summed E-state index contributed by atoms with van der Waals surface area (Å²) in [6, 6.07) is 0. The van der Waals surface area contributed by atoms with E-state index >= 15 is 0 Å². The lowest BCUT2D eigenvalue weighted by Crippen LogP contribution is -2.13. The van der Waals surface area contributed by atoms with Gasteiger partial charge in [0.1, 0.15) is 0 Å². The monoisotopic (exact) mass is 428 g/mol. The van der Waals surface area contributed by atoms with Gasteiger partial charge in [0.05, 0.1) is 5.92 Å². The van der Waals surface area contributed by atoms with E-state index < -0.39 is 17.9 Å². The molecular weight excluding hydrogens is 384 g/mol. The van der Waals surface area contributed by atoms with Crippen LogP contribution in [0, 0.1) is 5.92 Å². The average molecular weight is 429 g/mol. The molecule has 6 heteroatoms. The van der Waals surface area contributed by atoms with Crippen LogP contribution < -0.4 is 0 Å². The molecular formula is C24H44O6. The Morgan fingerprint density at radius 1 is 0.433 bits per heavy atom. The van der Waals surface area contributed by atoms with Crippen LogP contribution in [0.2, 0.25) is 0 Å². The van der Waals surface area contributed by atoms with Gasteiger partial charge in [-0.15, -0.1) is 0 Å². The van der Waals surface area contributed by atoms with E-state index in [2.05, 4.69) is 0 Å². The molecule has 0 aromatic rings. The summed E-state index contributed by atoms with van der Waals surface area (Å²) in [5.74, 6) is -2.30. The van der Waals surface area contributed by atoms with E-state index in [1.54, 1.807) is 0 Å². The second-order valence-electron chi connectivity index (χ2n) is 8.56. The van der Waals surface area contributed by atoms with Gasteiger partial charge in [-0.3, -0.25) is 14.4 Å². The Balaban J connectivity index is 3.49. The van der Waals surface area contributed by atoms with Gasteiger partial charge >= 0.3 is 17.9 Å². The number of rotatable bonds is 23. The van der Waals surface area contributed by atoms with Crippen molar-refractivity contribution >= 4 is 17.9 Å². The second-order valence-corrected chi connectivity index (χ2v) is 8.56. The number of hydrogen-bond acceptors (Lipinski definition) is 3. The lowest BCUT2D eigenvalue weighted by Gasteiger charge is -2.12. The van der Waals surface area contributed by atoms with Gasteiger partial charge in [0.2, 0.25) is 0 Å². The maximum absolute atomic E-state index is 11.4. The minimum absolute atomic E-state index is 0.211. The topological polar surface area (TPSA) is 112 Å². The normalized spacial score (nSPS) is 11.1. The largest absolute Gasteiger partial charge is 0.481 e. The SMILES string of the molecule is O=C(O)CCCCCCCCCCC(CCCCCCCCCCC(=O)O)C(=O)O. The van der Waals surface area contributed by atoms with Crippen LogP contribution in [0.5, 0.6) is 0 Å². The summed E-state index contributed by atoms with van der Waals surface area (Å²) in [5.41, 5.74) is 0. The fourth-order valence-electron chi connectivity index (χ4n) is 3.85. The summed E-state index contributed by atoms with van der Waals surface area (Å²) in [4.78, 5) is 32.3. The molecule has 0 amide bonds. The van der Waals surface area contributed by atoms with Crippen LogP contribution >= 0.6 is 0 Å². The lowest BCUT2D eigenvalue weighted by molar-refractivity contribution is -0.142. The Labute approximate surface area is 182 Å². The summed E-state index contributed by atoms with van der Waals surface area (Å²) in [7, 11) is 0. The van der Waals surface area contributed by atoms with Gasteiger partial charge in [-0.2, -0.15) is 0 Å². The van der Waals surface area contributed by atoms with Crippen LogP contribution in [0.4, 0.5) is 0 Å². The van der Waals surface area contributed by atoms with E-state index in [1.165, 1.54) is 0 Å². The molecule has 176 valence electrons. The quantitative estimate of drug-likeness (QED) is 0.157. The first-order chi connectivity index (χ1) is 14.4. The second kappa shape index (κ2) is 20.7. The number of unbranched alkanes of at least 4 members (excludes halogenated alkanes) is 14. The van der Waals surface area contributed by atoms with Crippen molar-refractivity contribution in [1.82, 2.24) is 0 Å². The zero-order valence-electron chi connectivity index (χ0n) is 18.8. The van der Waals surface area contributed by atoms with Crippen LogP contribution in [0.15, 0.2) is 0 Å². The molecule has 0 aliphatic heterocycles. The van der Waals surface area contributed by atoms with Crippen molar-refractivity contribution in [3.63, 3.8) is 0 Å². The standard InChI is InChI=1S/C24H44O6/c25-22(26)19-15-11-7-3-1-5-9-13-17-21(24(29)30)18-14-10-6-2-4-8-12-16-20-23(27)28/h21H,1-20H2,(H,25,26)(H,27,28)(H,29,30). The van der Waals surface area contributed by atoms with Crippen LogP contribution in [0.3, 0.4) is 0 Å². The molecule has 0 bridgehead atoms. The van der Waals surface area contributed by atoms with E-state index in [1.807, 2.05) is 0 Å². The number of carbonyl (C=O) groups is 3. The molecule has 0 fully saturated rings. The molecule has 6 nitrogen and oxygen atoms in total. The van der Waals surface area contributed by atoms with Crippen molar-refractivity contribution < 1.29 is 29.7 Å². The van der Waals surface area contributed by atoms with E-state index in [9.17, 15) is 19.5 Å². The molecule has 0 unspecified atom stereocenters. The van der Waals surface area contributed by atoms with Crippen molar-refractivity contribution in [3.05, 3.63) is 0 Å². The molecule has 0 aliphatic carbocycles. The van der Waals surface area contributed by atoms with Gasteiger partial charge in [0.25, 0.3) is 0 Å². The fourth-order valence-corrected chi connectivity index (χ4v) is 3.85. The third-order valence-corrected chi connectivity index (χ3v) is 5.74. The van der Waals surface area contributed by atoms with Crippen molar-refractivity contribution in [2.45, 2.75) is 128 Å². The molecule has 0 saturated carbocycles. The predicted octanol–water partition coefficient (Wildman–Crippen LogP) is 6.66. The summed E-state index contributed by atoms with van der Waals surface area (Å²) in [5, 5.41) is 26.6. The highest BCUT2D eigenvalue weighted by molar-refractivity contribution is 5.69. The third kappa shape index (κ3) is 21.1. The molecule has 0 heterocycles. The van der Waals surface area contributed by atoms with Gasteiger partial charge in [-0.05, 0) is 25.7 Å². The van der Waals surface area contributed by atoms with Gasteiger partial charge < -0.3 is 15.3 Å². The van der Waals surface area contributed by atoms with Crippen LogP contribution in [0.1, 0.15) is 128 Å². The fraction of sp³-hybridized carbons (Fsp3) is 0.875. The molecule has 3 N–H and O–H groups in total. The maximum atomic E-state index is 11.4. The first-order valence-corrected chi connectivity index (χ1v) is 12.1. The van der Waals surface area contributed by atoms with Gasteiger partial charge in [0, 0.05) is 12.8 Å². The molecule has 0 spiro atoms. The van der Waals surface area contributed by atoms with Crippen molar-refractivity contribution in [1.29, 1.82) is 0 Å². The predicted molar refractivity (Wildman–Crippen MR) is 119 cm³/mol. The van der Waals surface area contributed by atoms with Crippen LogP contribution in [-0.4, -0.2) is 33.2 Å². The number of carboxylic acids is 3. The van der Waals surface area contributed by atoms with Crippen LogP contribution in [-0.2, 0) is 14.4 Å². The molecule has 0 aromatic carbocycles. The first kappa shape index (κ1) is 28.4. The zero-order valence-corrected chi connectivity index (χ0v) is 18.8. The van der Waals surface area contributed by atoms with Crippen LogP contribution in [0.25, 0.3) is 0 Å². The van der Waals surface area contributed by atoms with E-state index in [0.717, 1.165) is 116 Å². The highest BCUT2D eigenvalue weighted by Crippen LogP contribution is 2.20. The van der Waals surface area contributed by atoms with Gasteiger partial charge in [-0.1, -0.05) is 89.9 Å². The number of carboxylic acid groups (broad SMARTS) is 3. The minimum atomic E-state index is -0.715. The van der Waals surface area contributed by atoms with Gasteiger partial charge in [-0.25, -0.2) is 0 Å². The minimum Gasteiger partial charge on any atom is -0.481 e. The smallest absolute Gasteiger partial charge is 0.306 e. The molecule has 0 saturated heterocycles. The molecule has 30 heavy (non-hydrogen) atoms. The Kier molecular flexibility index (Phi) is 19.6. The molecule has 0 rings (SSSR count). The molecule has 0 aromatic heterocycles. The Bertz CT molecular complexity index is 415. The van der Waals surface area contributed by atoms with Crippen molar-refractivity contribution in [3.8, 4) is 0 Å². The molecule has 0 atom stereocenters. The highest BCUT2D eigenvalue weighted by Gasteiger charge is 2.16. The first-order valence-electron chi connectivity index (χ1n) is 12.1. The van der Waals surface area contributed by atoms with Gasteiger partial charge in [0.15, 0.2) is 0 Å². The van der Waals surface area contributed by atoms with E-state index in [4.69, 9.17) is 10.2 Å². The van der Waals surface area contributed by atoms with E-state index in [-0.39, 0.29) is 18.8 Å². The lowest BCUT2D eigenvalue weighted by atomic mass is 9.94. The Morgan fingerprint density at radius 3 is 0.967 bits per heavy atom. The zero-order chi connectivity index (χ0) is 22.5. The summed E-state index contributed by atoms with van der Waals surface area (Å²) >= 11 is 0. The Hall–Kier alpha value is -1.59. The summed E-state index contributed by atoms with van der Waals surface area (Å²) < 4.78 is 0. The van der Waals surface area contributed by atoms with Crippen molar-refractivity contribution in [2.24, 2.45) is 5.92 Å². The third-order valence-electron chi connectivity index (χ3n) is 5.74. The highest BCUT2D eigenvalue weighted by atomic mass is 16.4. The number of aliphatic carboxylic acids is 3. The number of hydrogen-bond donors (Lipinski definition) is 3.